The number of aromatic nitrogens is 1. The van der Waals surface area contributed by atoms with Crippen molar-refractivity contribution in [3.63, 3.8) is 0 Å². The summed E-state index contributed by atoms with van der Waals surface area (Å²) in [7, 11) is 3.11. The minimum atomic E-state index is -0.712. The lowest BCUT2D eigenvalue weighted by molar-refractivity contribution is -0.114. The molecule has 4 aromatic rings. The Bertz CT molecular complexity index is 1910. The van der Waals surface area contributed by atoms with Gasteiger partial charge in [-0.1, -0.05) is 47.2 Å². The first-order chi connectivity index (χ1) is 20.7. The molecule has 0 radical (unpaired) electrons. The fraction of sp³-hybridized carbons (Fsp3) is 0.242. The molecule has 10 heteroatoms. The Morgan fingerprint density at radius 2 is 1.81 bits per heavy atom. The molecule has 5 rings (SSSR count). The molecule has 3 aromatic carbocycles. The number of nitrogens with zero attached hydrogens (tertiary/aromatic N) is 2. The van der Waals surface area contributed by atoms with E-state index < -0.39 is 6.04 Å². The molecule has 8 nitrogen and oxygen atoms in total. The van der Waals surface area contributed by atoms with E-state index in [0.29, 0.717) is 60.8 Å². The molecular weight excluding hydrogens is 588 g/mol. The van der Waals surface area contributed by atoms with Crippen molar-refractivity contribution in [2.75, 3.05) is 20.8 Å². The van der Waals surface area contributed by atoms with E-state index in [2.05, 4.69) is 4.99 Å². The van der Waals surface area contributed by atoms with Crippen molar-refractivity contribution in [2.45, 2.75) is 33.4 Å². The van der Waals surface area contributed by atoms with Crippen LogP contribution in [-0.4, -0.2) is 31.2 Å². The first kappa shape index (κ1) is 30.1. The van der Waals surface area contributed by atoms with Gasteiger partial charge in [0.15, 0.2) is 22.1 Å². The molecule has 0 saturated carbocycles. The van der Waals surface area contributed by atoms with Crippen LogP contribution < -0.4 is 33.8 Å². The molecule has 1 aromatic heterocycles. The zero-order chi connectivity index (χ0) is 30.7. The molecular formula is C33H31ClN2O6S. The highest BCUT2D eigenvalue weighted by Crippen LogP contribution is 2.37. The lowest BCUT2D eigenvalue weighted by atomic mass is 9.92. The average Bonchev–Trinajstić information content (AvgIpc) is 3.30. The van der Waals surface area contributed by atoms with Gasteiger partial charge in [-0.3, -0.25) is 14.2 Å². The number of halogens is 1. The van der Waals surface area contributed by atoms with Crippen molar-refractivity contribution in [2.24, 2.45) is 4.99 Å². The largest absolute Gasteiger partial charge is 0.497 e. The Balaban J connectivity index is 1.58. The molecule has 0 spiro atoms. The highest BCUT2D eigenvalue weighted by atomic mass is 35.5. The topological polar surface area (TPSA) is 88.3 Å². The van der Waals surface area contributed by atoms with Gasteiger partial charge < -0.3 is 18.9 Å². The van der Waals surface area contributed by atoms with E-state index in [4.69, 9.17) is 30.5 Å². The predicted molar refractivity (Wildman–Crippen MR) is 167 cm³/mol. The molecule has 1 aliphatic rings. The maximum absolute atomic E-state index is 14.0. The Morgan fingerprint density at radius 3 is 2.51 bits per heavy atom. The number of allylic oxidation sites excluding steroid dienone is 2. The summed E-state index contributed by atoms with van der Waals surface area (Å²) in [5, 5.41) is 0.626. The normalized spacial score (nSPS) is 14.7. The van der Waals surface area contributed by atoms with Crippen molar-refractivity contribution < 1.29 is 23.7 Å². The number of benzene rings is 3. The number of thiazole rings is 1. The van der Waals surface area contributed by atoms with Crippen molar-refractivity contribution in [3.05, 3.63) is 113 Å². The van der Waals surface area contributed by atoms with Gasteiger partial charge in [-0.25, -0.2) is 4.99 Å². The molecule has 0 amide bonds. The zero-order valence-electron chi connectivity index (χ0n) is 24.5. The predicted octanol–water partition coefficient (Wildman–Crippen LogP) is 5.47. The first-order valence-electron chi connectivity index (χ1n) is 13.6. The van der Waals surface area contributed by atoms with E-state index >= 15 is 0 Å². The van der Waals surface area contributed by atoms with E-state index in [-0.39, 0.29) is 17.9 Å². The number of ether oxygens (including phenoxy) is 4. The van der Waals surface area contributed by atoms with Crippen molar-refractivity contribution >= 4 is 34.8 Å². The number of carbonyl (C=O) groups excluding carboxylic acids is 1. The van der Waals surface area contributed by atoms with Crippen LogP contribution in [0.2, 0.25) is 5.02 Å². The van der Waals surface area contributed by atoms with Crippen LogP contribution in [0.1, 0.15) is 43.5 Å². The summed E-state index contributed by atoms with van der Waals surface area (Å²) in [4.78, 5) is 32.0. The van der Waals surface area contributed by atoms with Crippen LogP contribution in [0.15, 0.2) is 81.7 Å². The summed E-state index contributed by atoms with van der Waals surface area (Å²) in [5.74, 6) is 2.04. The van der Waals surface area contributed by atoms with Gasteiger partial charge in [0.25, 0.3) is 5.56 Å². The molecule has 2 heterocycles. The standard InChI is InChI=1S/C33H31ClN2O6S/c1-6-41-28-15-21(11-14-26(28)42-18-22-9-7-8-10-25(22)34)16-29-32(38)36-31(24-13-12-23(39-4)17-27(24)40-5)30(20(3)37)19(2)35-33(36)43-29/h7-17,31H,6,18H2,1-5H3/b29-16-. The molecule has 0 bridgehead atoms. The molecule has 0 aliphatic carbocycles. The van der Waals surface area contributed by atoms with Crippen LogP contribution in [0.3, 0.4) is 0 Å². The summed E-state index contributed by atoms with van der Waals surface area (Å²) in [6, 6.07) is 17.6. The zero-order valence-corrected chi connectivity index (χ0v) is 26.0. The molecule has 1 aliphatic heterocycles. The van der Waals surface area contributed by atoms with Gasteiger partial charge in [0.05, 0.1) is 31.4 Å². The molecule has 0 fully saturated rings. The number of ketones is 1. The van der Waals surface area contributed by atoms with Crippen molar-refractivity contribution in [3.8, 4) is 23.0 Å². The molecule has 1 atom stereocenters. The van der Waals surface area contributed by atoms with E-state index in [1.54, 1.807) is 43.9 Å². The summed E-state index contributed by atoms with van der Waals surface area (Å²) < 4.78 is 25.0. The fourth-order valence-electron chi connectivity index (χ4n) is 5.03. The summed E-state index contributed by atoms with van der Waals surface area (Å²) in [6.07, 6.45) is 1.79. The second-order valence-electron chi connectivity index (χ2n) is 9.77. The van der Waals surface area contributed by atoms with Crippen molar-refractivity contribution in [1.82, 2.24) is 4.57 Å². The number of fused-ring (bicyclic) bond motifs is 1. The van der Waals surface area contributed by atoms with Crippen LogP contribution >= 0.6 is 22.9 Å². The van der Waals surface area contributed by atoms with Crippen LogP contribution in [-0.2, 0) is 11.4 Å². The number of rotatable bonds is 10. The summed E-state index contributed by atoms with van der Waals surface area (Å²) >= 11 is 7.55. The molecule has 222 valence electrons. The highest BCUT2D eigenvalue weighted by Gasteiger charge is 2.32. The monoisotopic (exact) mass is 618 g/mol. The highest BCUT2D eigenvalue weighted by molar-refractivity contribution is 7.07. The average molecular weight is 619 g/mol. The van der Waals surface area contributed by atoms with Crippen LogP contribution in [0.4, 0.5) is 0 Å². The lowest BCUT2D eigenvalue weighted by Gasteiger charge is -2.26. The van der Waals surface area contributed by atoms with Gasteiger partial charge in [-0.05, 0) is 62.7 Å². The van der Waals surface area contributed by atoms with E-state index in [1.165, 1.54) is 18.3 Å². The third kappa shape index (κ3) is 6.09. The minimum Gasteiger partial charge on any atom is -0.497 e. The number of carbonyl (C=O) groups is 1. The maximum atomic E-state index is 14.0. The second-order valence-corrected chi connectivity index (χ2v) is 11.2. The minimum absolute atomic E-state index is 0.174. The van der Waals surface area contributed by atoms with Crippen LogP contribution in [0.5, 0.6) is 23.0 Å². The molecule has 0 N–H and O–H groups in total. The second kappa shape index (κ2) is 12.9. The van der Waals surface area contributed by atoms with E-state index in [9.17, 15) is 9.59 Å². The van der Waals surface area contributed by atoms with Crippen LogP contribution in [0.25, 0.3) is 6.08 Å². The first-order valence-corrected chi connectivity index (χ1v) is 14.8. The third-order valence-corrected chi connectivity index (χ3v) is 8.39. The lowest BCUT2D eigenvalue weighted by Crippen LogP contribution is -2.39. The number of hydrogen-bond acceptors (Lipinski definition) is 8. The Hall–Kier alpha value is -4.34. The number of methoxy groups -OCH3 is 2. The van der Waals surface area contributed by atoms with Gasteiger partial charge in [0, 0.05) is 33.5 Å². The Kier molecular flexibility index (Phi) is 9.03. The summed E-state index contributed by atoms with van der Waals surface area (Å²) in [5.41, 5.74) is 2.99. The molecule has 0 saturated heterocycles. The Labute approximate surface area is 258 Å². The molecule has 43 heavy (non-hydrogen) atoms. The van der Waals surface area contributed by atoms with Gasteiger partial charge in [0.2, 0.25) is 0 Å². The molecule has 1 unspecified atom stereocenters. The quantitative estimate of drug-likeness (QED) is 0.234. The van der Waals surface area contributed by atoms with Crippen LogP contribution in [0, 0.1) is 0 Å². The SMILES string of the molecule is CCOc1cc(/C=c2\sc3n(c2=O)C(c2ccc(OC)cc2OC)C(C(C)=O)=C(C)N=3)ccc1OCc1ccccc1Cl. The van der Waals surface area contributed by atoms with E-state index in [0.717, 1.165) is 11.1 Å². The number of hydrogen-bond donors (Lipinski definition) is 0. The van der Waals surface area contributed by atoms with Gasteiger partial charge in [0.1, 0.15) is 18.1 Å². The van der Waals surface area contributed by atoms with E-state index in [1.807, 2.05) is 55.5 Å². The summed E-state index contributed by atoms with van der Waals surface area (Å²) in [6.45, 7) is 5.88. The Morgan fingerprint density at radius 1 is 1.02 bits per heavy atom. The van der Waals surface area contributed by atoms with Gasteiger partial charge in [-0.15, -0.1) is 0 Å². The third-order valence-electron chi connectivity index (χ3n) is 7.04. The fourth-order valence-corrected chi connectivity index (χ4v) is 6.27. The number of Topliss-reactive ketones (excluding diaryl/α,β-unsaturated/α-hetero) is 1. The van der Waals surface area contributed by atoms with Crippen molar-refractivity contribution in [1.29, 1.82) is 0 Å². The van der Waals surface area contributed by atoms with Gasteiger partial charge in [-0.2, -0.15) is 0 Å². The van der Waals surface area contributed by atoms with Gasteiger partial charge >= 0.3 is 0 Å². The smallest absolute Gasteiger partial charge is 0.271 e. The maximum Gasteiger partial charge on any atom is 0.271 e.